The summed E-state index contributed by atoms with van der Waals surface area (Å²) in [6.45, 7) is 2.03. The lowest BCUT2D eigenvalue weighted by Crippen LogP contribution is -2.35. The number of carbonyl (C=O) groups excluding carboxylic acids is 1. The van der Waals surface area contributed by atoms with E-state index in [1.807, 2.05) is 36.1 Å². The van der Waals surface area contributed by atoms with Gasteiger partial charge >= 0.3 is 0 Å². The fourth-order valence-electron chi connectivity index (χ4n) is 3.72. The summed E-state index contributed by atoms with van der Waals surface area (Å²) in [6, 6.07) is 23.0. The standard InChI is InChI=1S/C23H22N2O3S/c1-17-16-19-8-6-7-11-22(19)25(17)23(26)18-12-14-20(15-13-18)24(2)29(27,28)21-9-4-3-5-10-21/h3-15,17H,16H2,1-2H3/t17-/m0/s1. The molecule has 1 heterocycles. The van der Waals surface area contributed by atoms with Gasteiger partial charge in [-0.2, -0.15) is 0 Å². The minimum Gasteiger partial charge on any atom is -0.305 e. The van der Waals surface area contributed by atoms with Gasteiger partial charge in [0.15, 0.2) is 0 Å². The van der Waals surface area contributed by atoms with Crippen LogP contribution in [-0.4, -0.2) is 27.4 Å². The summed E-state index contributed by atoms with van der Waals surface area (Å²) in [7, 11) is -2.14. The summed E-state index contributed by atoms with van der Waals surface area (Å²) in [5.41, 5.74) is 3.14. The van der Waals surface area contributed by atoms with Gasteiger partial charge in [0.25, 0.3) is 15.9 Å². The van der Waals surface area contributed by atoms with Crippen LogP contribution in [0.5, 0.6) is 0 Å². The minimum absolute atomic E-state index is 0.0810. The van der Waals surface area contributed by atoms with Crippen molar-refractivity contribution in [1.29, 1.82) is 0 Å². The highest BCUT2D eigenvalue weighted by molar-refractivity contribution is 7.92. The van der Waals surface area contributed by atoms with Crippen molar-refractivity contribution in [1.82, 2.24) is 0 Å². The molecule has 29 heavy (non-hydrogen) atoms. The van der Waals surface area contributed by atoms with Crippen molar-refractivity contribution in [2.24, 2.45) is 0 Å². The first-order chi connectivity index (χ1) is 13.9. The number of hydrogen-bond donors (Lipinski definition) is 0. The summed E-state index contributed by atoms with van der Waals surface area (Å²) < 4.78 is 26.8. The van der Waals surface area contributed by atoms with Gasteiger partial charge in [-0.3, -0.25) is 9.10 Å². The third kappa shape index (κ3) is 3.40. The normalized spacial score (nSPS) is 15.8. The van der Waals surface area contributed by atoms with Crippen LogP contribution in [0.4, 0.5) is 11.4 Å². The van der Waals surface area contributed by atoms with Crippen LogP contribution in [-0.2, 0) is 16.4 Å². The number of benzene rings is 3. The molecule has 1 atom stereocenters. The quantitative estimate of drug-likeness (QED) is 0.655. The van der Waals surface area contributed by atoms with E-state index in [0.29, 0.717) is 11.3 Å². The van der Waals surface area contributed by atoms with Crippen molar-refractivity contribution in [3.05, 3.63) is 90.0 Å². The maximum absolute atomic E-state index is 13.1. The van der Waals surface area contributed by atoms with Crippen molar-refractivity contribution < 1.29 is 13.2 Å². The van der Waals surface area contributed by atoms with Crippen molar-refractivity contribution >= 4 is 27.3 Å². The Morgan fingerprint density at radius 3 is 2.24 bits per heavy atom. The molecule has 0 bridgehead atoms. The molecule has 0 spiro atoms. The fraction of sp³-hybridized carbons (Fsp3) is 0.174. The molecule has 1 amide bonds. The number of anilines is 2. The molecule has 0 unspecified atom stereocenters. The highest BCUT2D eigenvalue weighted by Crippen LogP contribution is 2.33. The van der Waals surface area contributed by atoms with Gasteiger partial charge in [-0.1, -0.05) is 36.4 Å². The maximum atomic E-state index is 13.1. The summed E-state index contributed by atoms with van der Waals surface area (Å²) in [5, 5.41) is 0. The molecule has 3 aromatic rings. The van der Waals surface area contributed by atoms with Crippen LogP contribution < -0.4 is 9.21 Å². The predicted molar refractivity (Wildman–Crippen MR) is 115 cm³/mol. The van der Waals surface area contributed by atoms with Crippen LogP contribution in [0, 0.1) is 0 Å². The first kappa shape index (κ1) is 19.2. The third-order valence-electron chi connectivity index (χ3n) is 5.31. The number of carbonyl (C=O) groups is 1. The smallest absolute Gasteiger partial charge is 0.264 e. The molecule has 5 nitrogen and oxygen atoms in total. The summed E-state index contributed by atoms with van der Waals surface area (Å²) in [6.07, 6.45) is 0.831. The Morgan fingerprint density at radius 1 is 0.931 bits per heavy atom. The second-order valence-electron chi connectivity index (χ2n) is 7.19. The van der Waals surface area contributed by atoms with E-state index in [2.05, 4.69) is 0 Å². The summed E-state index contributed by atoms with van der Waals surface area (Å²) in [5.74, 6) is -0.0810. The minimum atomic E-state index is -3.65. The zero-order valence-corrected chi connectivity index (χ0v) is 17.1. The number of para-hydroxylation sites is 1. The Morgan fingerprint density at radius 2 is 1.55 bits per heavy atom. The van der Waals surface area contributed by atoms with Crippen molar-refractivity contribution in [3.63, 3.8) is 0 Å². The van der Waals surface area contributed by atoms with E-state index in [1.165, 1.54) is 16.9 Å². The van der Waals surface area contributed by atoms with Crippen LogP contribution in [0.2, 0.25) is 0 Å². The third-order valence-corrected chi connectivity index (χ3v) is 7.11. The van der Waals surface area contributed by atoms with Gasteiger partial charge < -0.3 is 4.90 Å². The van der Waals surface area contributed by atoms with Gasteiger partial charge in [0, 0.05) is 24.3 Å². The molecule has 1 aliphatic heterocycles. The van der Waals surface area contributed by atoms with Gasteiger partial charge in [0.2, 0.25) is 0 Å². The van der Waals surface area contributed by atoms with Gasteiger partial charge in [-0.25, -0.2) is 8.42 Å². The van der Waals surface area contributed by atoms with E-state index in [1.54, 1.807) is 54.6 Å². The van der Waals surface area contributed by atoms with E-state index < -0.39 is 10.0 Å². The number of fused-ring (bicyclic) bond motifs is 1. The topological polar surface area (TPSA) is 57.7 Å². The maximum Gasteiger partial charge on any atom is 0.264 e. The fourth-order valence-corrected chi connectivity index (χ4v) is 4.93. The molecular formula is C23H22N2O3S. The van der Waals surface area contributed by atoms with Crippen molar-refractivity contribution in [2.45, 2.75) is 24.3 Å². The zero-order chi connectivity index (χ0) is 20.6. The molecular weight excluding hydrogens is 384 g/mol. The molecule has 1 aliphatic rings. The largest absolute Gasteiger partial charge is 0.305 e. The Balaban J connectivity index is 1.59. The van der Waals surface area contributed by atoms with Gasteiger partial charge in [-0.05, 0) is 61.4 Å². The Kier molecular flexibility index (Phi) is 4.88. The number of nitrogens with zero attached hydrogens (tertiary/aromatic N) is 2. The van der Waals surface area contributed by atoms with E-state index >= 15 is 0 Å². The van der Waals surface area contributed by atoms with Crippen LogP contribution in [0.1, 0.15) is 22.8 Å². The molecule has 0 aromatic heterocycles. The van der Waals surface area contributed by atoms with Gasteiger partial charge in [-0.15, -0.1) is 0 Å². The lowest BCUT2D eigenvalue weighted by Gasteiger charge is -2.23. The molecule has 0 radical (unpaired) electrons. The molecule has 0 fully saturated rings. The number of sulfonamides is 1. The van der Waals surface area contributed by atoms with Crippen LogP contribution in [0.25, 0.3) is 0 Å². The number of hydrogen-bond acceptors (Lipinski definition) is 3. The van der Waals surface area contributed by atoms with E-state index in [-0.39, 0.29) is 16.8 Å². The van der Waals surface area contributed by atoms with Crippen LogP contribution >= 0.6 is 0 Å². The first-order valence-corrected chi connectivity index (χ1v) is 10.9. The number of amides is 1. The molecule has 6 heteroatoms. The molecule has 0 saturated heterocycles. The van der Waals surface area contributed by atoms with Gasteiger partial charge in [0.1, 0.15) is 0 Å². The van der Waals surface area contributed by atoms with Crippen molar-refractivity contribution in [3.8, 4) is 0 Å². The molecule has 0 aliphatic carbocycles. The second-order valence-corrected chi connectivity index (χ2v) is 9.16. The SMILES string of the molecule is C[C@H]1Cc2ccccc2N1C(=O)c1ccc(N(C)S(=O)(=O)c2ccccc2)cc1. The molecule has 3 aromatic carbocycles. The molecule has 0 saturated carbocycles. The molecule has 0 N–H and O–H groups in total. The average molecular weight is 407 g/mol. The van der Waals surface area contributed by atoms with E-state index in [0.717, 1.165) is 12.1 Å². The predicted octanol–water partition coefficient (Wildman–Crippen LogP) is 4.10. The van der Waals surface area contributed by atoms with Crippen molar-refractivity contribution in [2.75, 3.05) is 16.3 Å². The Labute approximate surface area is 171 Å². The zero-order valence-electron chi connectivity index (χ0n) is 16.3. The molecule has 4 rings (SSSR count). The molecule has 148 valence electrons. The van der Waals surface area contributed by atoms with Crippen LogP contribution in [0.3, 0.4) is 0 Å². The lowest BCUT2D eigenvalue weighted by molar-refractivity contribution is 0.0981. The highest BCUT2D eigenvalue weighted by atomic mass is 32.2. The highest BCUT2D eigenvalue weighted by Gasteiger charge is 2.31. The second kappa shape index (κ2) is 7.37. The Hall–Kier alpha value is -3.12. The summed E-state index contributed by atoms with van der Waals surface area (Å²) >= 11 is 0. The number of rotatable bonds is 4. The van der Waals surface area contributed by atoms with E-state index in [4.69, 9.17) is 0 Å². The Bertz CT molecular complexity index is 1140. The average Bonchev–Trinajstić information content (AvgIpc) is 3.09. The lowest BCUT2D eigenvalue weighted by atomic mass is 10.1. The first-order valence-electron chi connectivity index (χ1n) is 9.45. The monoisotopic (exact) mass is 406 g/mol. The summed E-state index contributed by atoms with van der Waals surface area (Å²) in [4.78, 5) is 15.2. The van der Waals surface area contributed by atoms with Crippen LogP contribution in [0.15, 0.2) is 83.8 Å². The van der Waals surface area contributed by atoms with E-state index in [9.17, 15) is 13.2 Å². The van der Waals surface area contributed by atoms with Gasteiger partial charge in [0.05, 0.1) is 10.6 Å².